The van der Waals surface area contributed by atoms with E-state index in [-0.39, 0.29) is 0 Å². The maximum Gasteiger partial charge on any atom is 0.162 e. The number of azo groups is 1. The average molecular weight is 173 g/mol. The molecular formula is C9H9N4-. The Hall–Kier alpha value is -1.71. The lowest BCUT2D eigenvalue weighted by atomic mass is 10.1. The van der Waals surface area contributed by atoms with E-state index < -0.39 is 0 Å². The van der Waals surface area contributed by atoms with Crippen LogP contribution in [0.5, 0.6) is 0 Å². The van der Waals surface area contributed by atoms with Crippen LogP contribution in [0.2, 0.25) is 0 Å². The lowest BCUT2D eigenvalue weighted by Gasteiger charge is -2.16. The Morgan fingerprint density at radius 3 is 2.62 bits per heavy atom. The molecule has 1 aliphatic rings. The van der Waals surface area contributed by atoms with E-state index in [4.69, 9.17) is 0 Å². The molecule has 0 fully saturated rings. The summed E-state index contributed by atoms with van der Waals surface area (Å²) in [6, 6.07) is 7.96. The highest BCUT2D eigenvalue weighted by Crippen LogP contribution is 2.10. The highest BCUT2D eigenvalue weighted by atomic mass is 15.4. The van der Waals surface area contributed by atoms with Crippen LogP contribution in [0, 0.1) is 6.92 Å². The van der Waals surface area contributed by atoms with Gasteiger partial charge in [-0.25, -0.2) is 5.11 Å². The molecule has 0 saturated heterocycles. The van der Waals surface area contributed by atoms with Crippen LogP contribution >= 0.6 is 0 Å². The van der Waals surface area contributed by atoms with E-state index in [0.717, 1.165) is 5.56 Å². The van der Waals surface area contributed by atoms with Crippen LogP contribution in [0.15, 0.2) is 39.6 Å². The number of hydrogen-bond donors (Lipinski definition) is 0. The van der Waals surface area contributed by atoms with Crippen LogP contribution in [0.3, 0.4) is 0 Å². The minimum Gasteiger partial charge on any atom is -0.581 e. The van der Waals surface area contributed by atoms with E-state index in [1.165, 1.54) is 5.56 Å². The lowest BCUT2D eigenvalue weighted by molar-refractivity contribution is 0.986. The monoisotopic (exact) mass is 173 g/mol. The van der Waals surface area contributed by atoms with E-state index in [1.54, 1.807) is 0 Å². The fourth-order valence-electron chi connectivity index (χ4n) is 1.06. The molecule has 4 heteroatoms. The molecule has 0 saturated carbocycles. The van der Waals surface area contributed by atoms with Crippen molar-refractivity contribution < 1.29 is 0 Å². The first-order valence-electron chi connectivity index (χ1n) is 4.05. The van der Waals surface area contributed by atoms with E-state index in [1.807, 2.05) is 31.2 Å². The number of nitrogens with zero attached hydrogens (tertiary/aromatic N) is 4. The summed E-state index contributed by atoms with van der Waals surface area (Å²) >= 11 is 0. The first-order chi connectivity index (χ1) is 6.36. The quantitative estimate of drug-likeness (QED) is 0.626. The molecule has 1 aromatic carbocycles. The Labute approximate surface area is 76.4 Å². The molecule has 1 aliphatic heterocycles. The zero-order valence-corrected chi connectivity index (χ0v) is 7.31. The number of hydrogen-bond acceptors (Lipinski definition) is 3. The van der Waals surface area contributed by atoms with Crippen molar-refractivity contribution in [1.29, 1.82) is 0 Å². The summed E-state index contributed by atoms with van der Waals surface area (Å²) in [5.74, 6) is 0.589. The van der Waals surface area contributed by atoms with Crippen LogP contribution in [0.1, 0.15) is 11.1 Å². The van der Waals surface area contributed by atoms with Crippen LogP contribution in [0.4, 0.5) is 0 Å². The van der Waals surface area contributed by atoms with Crippen molar-refractivity contribution in [2.45, 2.75) is 6.92 Å². The van der Waals surface area contributed by atoms with E-state index >= 15 is 0 Å². The Bertz CT molecular complexity index is 350. The van der Waals surface area contributed by atoms with Gasteiger partial charge < -0.3 is 10.5 Å². The molecule has 1 heterocycles. The van der Waals surface area contributed by atoms with Crippen LogP contribution in [-0.2, 0) is 0 Å². The zero-order valence-electron chi connectivity index (χ0n) is 7.31. The van der Waals surface area contributed by atoms with Crippen molar-refractivity contribution in [2.75, 3.05) is 6.67 Å². The minimum absolute atomic E-state index is 0.343. The molecule has 0 aromatic heterocycles. The maximum absolute atomic E-state index is 3.91. The fourth-order valence-corrected chi connectivity index (χ4v) is 1.06. The van der Waals surface area contributed by atoms with Gasteiger partial charge in [0.05, 0.1) is 0 Å². The van der Waals surface area contributed by atoms with Gasteiger partial charge in [-0.3, -0.25) is 0 Å². The third-order valence-corrected chi connectivity index (χ3v) is 1.77. The number of rotatable bonds is 1. The number of benzene rings is 1. The van der Waals surface area contributed by atoms with Crippen LogP contribution in [-0.4, -0.2) is 12.5 Å². The molecule has 66 valence electrons. The summed E-state index contributed by atoms with van der Waals surface area (Å²) in [7, 11) is 0. The van der Waals surface area contributed by atoms with Gasteiger partial charge in [-0.1, -0.05) is 29.8 Å². The highest BCUT2D eigenvalue weighted by Gasteiger charge is 1.99. The third kappa shape index (κ3) is 1.72. The molecule has 2 rings (SSSR count). The summed E-state index contributed by atoms with van der Waals surface area (Å²) in [5.41, 5.74) is 5.96. The van der Waals surface area contributed by atoms with Gasteiger partial charge in [-0.05, 0) is 6.92 Å². The first kappa shape index (κ1) is 7.91. The van der Waals surface area contributed by atoms with Crippen molar-refractivity contribution in [1.82, 2.24) is 0 Å². The molecule has 0 spiro atoms. The Morgan fingerprint density at radius 2 is 2.00 bits per heavy atom. The SMILES string of the molecule is Cc1ccc(C2=N[N-]CN=N2)cc1. The Kier molecular flexibility index (Phi) is 2.04. The standard InChI is InChI=1S/C9H9N4/c1-7-2-4-8(5-3-7)9-12-10-6-11-13-9/h2-5H,6H2,1H3/q-1. The zero-order chi connectivity index (χ0) is 9.10. The van der Waals surface area contributed by atoms with E-state index in [2.05, 4.69) is 20.8 Å². The second-order valence-electron chi connectivity index (χ2n) is 2.81. The van der Waals surface area contributed by atoms with Gasteiger partial charge in [0.15, 0.2) is 5.84 Å². The fraction of sp³-hybridized carbons (Fsp3) is 0.222. The first-order valence-corrected chi connectivity index (χ1v) is 4.05. The van der Waals surface area contributed by atoms with Crippen LogP contribution in [0.25, 0.3) is 5.43 Å². The molecule has 13 heavy (non-hydrogen) atoms. The van der Waals surface area contributed by atoms with Gasteiger partial charge in [0.25, 0.3) is 0 Å². The van der Waals surface area contributed by atoms with Gasteiger partial charge in [-0.15, -0.1) is 5.11 Å². The van der Waals surface area contributed by atoms with Crippen LogP contribution < -0.4 is 0 Å². The molecule has 0 N–H and O–H groups in total. The lowest BCUT2D eigenvalue weighted by Crippen LogP contribution is -1.99. The van der Waals surface area contributed by atoms with Gasteiger partial charge in [0, 0.05) is 12.2 Å². The number of aryl methyl sites for hydroxylation is 1. The summed E-state index contributed by atoms with van der Waals surface area (Å²) in [6.45, 7) is 2.38. The van der Waals surface area contributed by atoms with E-state index in [9.17, 15) is 0 Å². The van der Waals surface area contributed by atoms with Gasteiger partial charge in [0.1, 0.15) is 0 Å². The molecule has 0 amide bonds. The predicted octanol–water partition coefficient (Wildman–Crippen LogP) is 2.45. The molecule has 4 nitrogen and oxygen atoms in total. The van der Waals surface area contributed by atoms with Crippen molar-refractivity contribution in [3.63, 3.8) is 0 Å². The largest absolute Gasteiger partial charge is 0.581 e. The van der Waals surface area contributed by atoms with Crippen molar-refractivity contribution in [2.24, 2.45) is 15.3 Å². The van der Waals surface area contributed by atoms with Gasteiger partial charge in [-0.2, -0.15) is 0 Å². The average Bonchev–Trinajstić information content (AvgIpc) is 2.20. The molecule has 0 unspecified atom stereocenters. The highest BCUT2D eigenvalue weighted by molar-refractivity contribution is 5.99. The van der Waals surface area contributed by atoms with Crippen molar-refractivity contribution in [3.8, 4) is 0 Å². The Morgan fingerprint density at radius 1 is 1.23 bits per heavy atom. The topological polar surface area (TPSA) is 51.2 Å². The Balaban J connectivity index is 2.30. The predicted molar refractivity (Wildman–Crippen MR) is 50.8 cm³/mol. The van der Waals surface area contributed by atoms with Gasteiger partial charge >= 0.3 is 0 Å². The second kappa shape index (κ2) is 3.35. The third-order valence-electron chi connectivity index (χ3n) is 1.77. The van der Waals surface area contributed by atoms with E-state index in [0.29, 0.717) is 12.5 Å². The molecule has 0 aliphatic carbocycles. The summed E-state index contributed by atoms with van der Waals surface area (Å²) in [6.07, 6.45) is 0. The second-order valence-corrected chi connectivity index (χ2v) is 2.81. The minimum atomic E-state index is 0.343. The number of amidine groups is 1. The van der Waals surface area contributed by atoms with Crippen molar-refractivity contribution >= 4 is 5.84 Å². The summed E-state index contributed by atoms with van der Waals surface area (Å²) in [5, 5.41) is 11.6. The van der Waals surface area contributed by atoms with Crippen molar-refractivity contribution in [3.05, 3.63) is 40.8 Å². The normalized spacial score (nSPS) is 15.0. The van der Waals surface area contributed by atoms with Gasteiger partial charge in [0.2, 0.25) is 0 Å². The molecular weight excluding hydrogens is 164 g/mol. The molecule has 0 radical (unpaired) electrons. The smallest absolute Gasteiger partial charge is 0.162 e. The summed E-state index contributed by atoms with van der Waals surface area (Å²) < 4.78 is 0. The maximum atomic E-state index is 3.91. The molecule has 1 aromatic rings. The molecule has 0 bridgehead atoms. The molecule has 0 atom stereocenters. The summed E-state index contributed by atoms with van der Waals surface area (Å²) in [4.78, 5) is 0.